The van der Waals surface area contributed by atoms with E-state index in [1.165, 1.54) is 18.4 Å². The van der Waals surface area contributed by atoms with Crippen LogP contribution in [0.5, 0.6) is 0 Å². The molecule has 1 amide bonds. The van der Waals surface area contributed by atoms with Gasteiger partial charge in [0, 0.05) is 25.1 Å². The van der Waals surface area contributed by atoms with Gasteiger partial charge in [-0.3, -0.25) is 4.79 Å². The maximum absolute atomic E-state index is 12.9. The van der Waals surface area contributed by atoms with Crippen molar-refractivity contribution in [2.75, 3.05) is 19.7 Å². The molecule has 1 aromatic carbocycles. The number of morpholine rings is 1. The second kappa shape index (κ2) is 6.32. The molecule has 22 heavy (non-hydrogen) atoms. The summed E-state index contributed by atoms with van der Waals surface area (Å²) in [5, 5.41) is 0. The lowest BCUT2D eigenvalue weighted by Gasteiger charge is -2.32. The number of hydrogen-bond donors (Lipinski definition) is 0. The van der Waals surface area contributed by atoms with Crippen LogP contribution in [0.1, 0.15) is 21.7 Å². The van der Waals surface area contributed by atoms with Crippen molar-refractivity contribution in [3.05, 3.63) is 59.3 Å². The predicted octanol–water partition coefficient (Wildman–Crippen LogP) is 2.81. The van der Waals surface area contributed by atoms with Crippen LogP contribution in [0, 0.1) is 12.7 Å². The zero-order valence-corrected chi connectivity index (χ0v) is 12.4. The topological polar surface area (TPSA) is 42.7 Å². The fraction of sp³-hybridized carbons (Fsp3) is 0.353. The summed E-state index contributed by atoms with van der Waals surface area (Å²) in [6, 6.07) is 8.15. The number of nitrogens with zero attached hydrogens (tertiary/aromatic N) is 1. The Morgan fingerprint density at radius 3 is 2.77 bits per heavy atom. The number of furan rings is 1. The molecule has 1 saturated heterocycles. The molecule has 1 aromatic heterocycles. The Morgan fingerprint density at radius 1 is 1.32 bits per heavy atom. The molecule has 0 aliphatic carbocycles. The Balaban J connectivity index is 1.65. The first-order chi connectivity index (χ1) is 10.6. The molecule has 1 atom stereocenters. The second-order valence-corrected chi connectivity index (χ2v) is 5.51. The van der Waals surface area contributed by atoms with Gasteiger partial charge in [0.15, 0.2) is 5.76 Å². The fourth-order valence-corrected chi connectivity index (χ4v) is 2.65. The molecular formula is C17H18FNO3. The van der Waals surface area contributed by atoms with Crippen molar-refractivity contribution in [3.8, 4) is 0 Å². The van der Waals surface area contributed by atoms with Gasteiger partial charge >= 0.3 is 0 Å². The van der Waals surface area contributed by atoms with Crippen LogP contribution in [0.15, 0.2) is 41.0 Å². The van der Waals surface area contributed by atoms with Crippen molar-refractivity contribution in [3.63, 3.8) is 0 Å². The zero-order chi connectivity index (χ0) is 15.5. The first-order valence-electron chi connectivity index (χ1n) is 7.33. The molecule has 2 aromatic rings. The van der Waals surface area contributed by atoms with Gasteiger partial charge in [-0.15, -0.1) is 0 Å². The largest absolute Gasteiger partial charge is 0.459 e. The Bertz CT molecular complexity index is 650. The molecule has 5 heteroatoms. The summed E-state index contributed by atoms with van der Waals surface area (Å²) in [4.78, 5) is 14.2. The lowest BCUT2D eigenvalue weighted by atomic mass is 10.1. The molecule has 1 unspecified atom stereocenters. The number of carbonyl (C=O) groups is 1. The van der Waals surface area contributed by atoms with Gasteiger partial charge in [0.25, 0.3) is 5.91 Å². The Hall–Kier alpha value is -2.14. The van der Waals surface area contributed by atoms with E-state index < -0.39 is 0 Å². The van der Waals surface area contributed by atoms with Gasteiger partial charge in [0.2, 0.25) is 0 Å². The maximum Gasteiger partial charge on any atom is 0.289 e. The third kappa shape index (κ3) is 3.20. The van der Waals surface area contributed by atoms with E-state index in [1.807, 2.05) is 6.92 Å². The van der Waals surface area contributed by atoms with Crippen LogP contribution in [-0.4, -0.2) is 36.6 Å². The summed E-state index contributed by atoms with van der Waals surface area (Å²) in [6.45, 7) is 3.42. The summed E-state index contributed by atoms with van der Waals surface area (Å²) in [7, 11) is 0. The third-order valence-electron chi connectivity index (χ3n) is 3.86. The van der Waals surface area contributed by atoms with Gasteiger partial charge in [0.1, 0.15) is 5.82 Å². The summed E-state index contributed by atoms with van der Waals surface area (Å²) in [6.07, 6.45) is 2.10. The molecular weight excluding hydrogens is 285 g/mol. The highest BCUT2D eigenvalue weighted by molar-refractivity contribution is 5.92. The van der Waals surface area contributed by atoms with Gasteiger partial charge in [-0.05, 0) is 30.7 Å². The van der Waals surface area contributed by atoms with Crippen molar-refractivity contribution in [2.45, 2.75) is 19.4 Å². The molecule has 1 aliphatic heterocycles. The molecule has 2 heterocycles. The summed E-state index contributed by atoms with van der Waals surface area (Å²) in [5.74, 6) is 0.0377. The van der Waals surface area contributed by atoms with E-state index in [4.69, 9.17) is 9.15 Å². The van der Waals surface area contributed by atoms with E-state index >= 15 is 0 Å². The predicted molar refractivity (Wildman–Crippen MR) is 79.2 cm³/mol. The standard InChI is InChI=1S/C17H18FNO3/c1-12-6-8-22-16(12)17(20)19-7-9-21-15(11-19)10-13-2-4-14(18)5-3-13/h2-6,8,15H,7,9-11H2,1H3. The molecule has 4 nitrogen and oxygen atoms in total. The molecule has 0 bridgehead atoms. The Morgan fingerprint density at radius 2 is 2.09 bits per heavy atom. The summed E-state index contributed by atoms with van der Waals surface area (Å²) in [5.41, 5.74) is 1.83. The minimum atomic E-state index is -0.251. The van der Waals surface area contributed by atoms with Crippen molar-refractivity contribution < 1.29 is 18.3 Å². The highest BCUT2D eigenvalue weighted by atomic mass is 19.1. The van der Waals surface area contributed by atoms with Crippen molar-refractivity contribution >= 4 is 5.91 Å². The maximum atomic E-state index is 12.9. The number of ether oxygens (including phenoxy) is 1. The minimum Gasteiger partial charge on any atom is -0.459 e. The number of hydrogen-bond acceptors (Lipinski definition) is 3. The summed E-state index contributed by atoms with van der Waals surface area (Å²) < 4.78 is 23.9. The quantitative estimate of drug-likeness (QED) is 0.875. The Labute approximate surface area is 128 Å². The van der Waals surface area contributed by atoms with Crippen LogP contribution in [0.25, 0.3) is 0 Å². The third-order valence-corrected chi connectivity index (χ3v) is 3.86. The smallest absolute Gasteiger partial charge is 0.289 e. The van der Waals surface area contributed by atoms with Crippen molar-refractivity contribution in [1.29, 1.82) is 0 Å². The highest BCUT2D eigenvalue weighted by Crippen LogP contribution is 2.17. The van der Waals surface area contributed by atoms with Crippen LogP contribution in [0.3, 0.4) is 0 Å². The van der Waals surface area contributed by atoms with Gasteiger partial charge in [-0.1, -0.05) is 12.1 Å². The lowest BCUT2D eigenvalue weighted by molar-refractivity contribution is -0.0218. The van der Waals surface area contributed by atoms with Crippen LogP contribution in [0.2, 0.25) is 0 Å². The van der Waals surface area contributed by atoms with Crippen LogP contribution < -0.4 is 0 Å². The molecule has 0 radical (unpaired) electrons. The Kier molecular flexibility index (Phi) is 4.24. The van der Waals surface area contributed by atoms with Crippen LogP contribution >= 0.6 is 0 Å². The number of amides is 1. The van der Waals surface area contributed by atoms with Crippen LogP contribution in [0.4, 0.5) is 4.39 Å². The number of halogens is 1. The first-order valence-corrected chi connectivity index (χ1v) is 7.33. The normalized spacial score (nSPS) is 18.5. The van der Waals surface area contributed by atoms with E-state index in [2.05, 4.69) is 0 Å². The molecule has 0 spiro atoms. The van der Waals surface area contributed by atoms with E-state index in [0.717, 1.165) is 11.1 Å². The first kappa shape index (κ1) is 14.8. The molecule has 1 fully saturated rings. The van der Waals surface area contributed by atoms with E-state index in [9.17, 15) is 9.18 Å². The molecule has 1 aliphatic rings. The SMILES string of the molecule is Cc1ccoc1C(=O)N1CCOC(Cc2ccc(F)cc2)C1. The monoisotopic (exact) mass is 303 g/mol. The number of carbonyl (C=O) groups excluding carboxylic acids is 1. The molecule has 3 rings (SSSR count). The molecule has 0 N–H and O–H groups in total. The van der Waals surface area contributed by atoms with Crippen molar-refractivity contribution in [1.82, 2.24) is 4.90 Å². The molecule has 116 valence electrons. The highest BCUT2D eigenvalue weighted by Gasteiger charge is 2.27. The van der Waals surface area contributed by atoms with E-state index in [0.29, 0.717) is 31.9 Å². The molecule has 0 saturated carbocycles. The minimum absolute atomic E-state index is 0.0848. The number of benzene rings is 1. The van der Waals surface area contributed by atoms with Gasteiger partial charge in [-0.2, -0.15) is 0 Å². The van der Waals surface area contributed by atoms with Gasteiger partial charge < -0.3 is 14.1 Å². The average Bonchev–Trinajstić information content (AvgIpc) is 2.95. The summed E-state index contributed by atoms with van der Waals surface area (Å²) >= 11 is 0. The van der Waals surface area contributed by atoms with Crippen molar-refractivity contribution in [2.24, 2.45) is 0 Å². The van der Waals surface area contributed by atoms with E-state index in [-0.39, 0.29) is 17.8 Å². The number of rotatable bonds is 3. The zero-order valence-electron chi connectivity index (χ0n) is 12.4. The van der Waals surface area contributed by atoms with Gasteiger partial charge in [0.05, 0.1) is 19.0 Å². The average molecular weight is 303 g/mol. The van der Waals surface area contributed by atoms with E-state index in [1.54, 1.807) is 23.1 Å². The lowest BCUT2D eigenvalue weighted by Crippen LogP contribution is -2.46. The van der Waals surface area contributed by atoms with Gasteiger partial charge in [-0.25, -0.2) is 4.39 Å². The fourth-order valence-electron chi connectivity index (χ4n) is 2.65. The number of aryl methyl sites for hydroxylation is 1. The van der Waals surface area contributed by atoms with Crippen LogP contribution in [-0.2, 0) is 11.2 Å². The second-order valence-electron chi connectivity index (χ2n) is 5.51.